The van der Waals surface area contributed by atoms with Gasteiger partial charge in [0.15, 0.2) is 0 Å². The summed E-state index contributed by atoms with van der Waals surface area (Å²) in [5.41, 5.74) is 0.954. The maximum absolute atomic E-state index is 10.6. The van der Waals surface area contributed by atoms with Gasteiger partial charge in [0.05, 0.1) is 0 Å². The average molecular weight is 420 g/mol. The van der Waals surface area contributed by atoms with Crippen LogP contribution in [0.15, 0.2) is 12.1 Å². The molecule has 0 aliphatic heterocycles. The summed E-state index contributed by atoms with van der Waals surface area (Å²) in [7, 11) is 1.71. The van der Waals surface area contributed by atoms with Crippen LogP contribution in [0.1, 0.15) is 71.8 Å². The van der Waals surface area contributed by atoms with Crippen molar-refractivity contribution in [3.05, 3.63) is 17.7 Å². The number of hydrogen-bond acceptors (Lipinski definition) is 2. The van der Waals surface area contributed by atoms with Crippen molar-refractivity contribution in [2.24, 2.45) is 0 Å². The van der Waals surface area contributed by atoms with Crippen LogP contribution < -0.4 is 8.35 Å². The first-order valence-corrected chi connectivity index (χ1v) is 11.3. The van der Waals surface area contributed by atoms with E-state index < -0.39 is 0 Å². The zero-order valence-electron chi connectivity index (χ0n) is 14.9. The zero-order valence-corrected chi connectivity index (χ0v) is 17.2. The molecule has 1 N–H and O–H groups in total. The molecule has 0 spiro atoms. The van der Waals surface area contributed by atoms with Crippen molar-refractivity contribution in [3.63, 3.8) is 0 Å². The second kappa shape index (κ2) is 9.68. The summed E-state index contributed by atoms with van der Waals surface area (Å²) in [5.74, 6) is 1.40. The quantitative estimate of drug-likeness (QED) is 0.459. The molecule has 0 heterocycles. The van der Waals surface area contributed by atoms with Gasteiger partial charge in [0, 0.05) is 0 Å². The van der Waals surface area contributed by atoms with Gasteiger partial charge in [0.25, 0.3) is 0 Å². The monoisotopic (exact) mass is 422 g/mol. The number of methoxy groups -OCH3 is 1. The van der Waals surface area contributed by atoms with Crippen molar-refractivity contribution in [1.82, 2.24) is 0 Å². The number of benzene rings is 1. The minimum absolute atomic E-state index is 0.0551. The van der Waals surface area contributed by atoms with Crippen LogP contribution >= 0.6 is 0 Å². The Kier molecular flexibility index (Phi) is 8.65. The fourth-order valence-corrected chi connectivity index (χ4v) is 5.34. The van der Waals surface area contributed by atoms with E-state index in [2.05, 4.69) is 27.7 Å². The molecule has 22 heavy (non-hydrogen) atoms. The topological polar surface area (TPSA) is 29.5 Å². The molecule has 1 rings (SSSR count). The third-order valence-corrected chi connectivity index (χ3v) is 7.03. The second-order valence-electron chi connectivity index (χ2n) is 6.89. The van der Waals surface area contributed by atoms with Crippen LogP contribution in [0, 0.1) is 0 Å². The molecule has 1 aromatic carbocycles. The number of aromatic hydroxyl groups is 1. The van der Waals surface area contributed by atoms with Crippen LogP contribution in [0.3, 0.4) is 0 Å². The Bertz CT molecular complexity index is 449. The fraction of sp³-hybridized carbons (Fsp3) is 0.684. The molecule has 0 aromatic heterocycles. The van der Waals surface area contributed by atoms with Gasteiger partial charge in [-0.05, 0) is 0 Å². The van der Waals surface area contributed by atoms with E-state index in [0.717, 1.165) is 14.9 Å². The molecule has 0 aliphatic carbocycles. The van der Waals surface area contributed by atoms with Crippen LogP contribution in [-0.2, 0) is 5.41 Å². The molecule has 0 saturated carbocycles. The van der Waals surface area contributed by atoms with E-state index in [1.54, 1.807) is 7.11 Å². The minimum atomic E-state index is -0.333. The molecule has 126 valence electrons. The van der Waals surface area contributed by atoms with Crippen molar-refractivity contribution in [2.75, 3.05) is 7.11 Å². The first-order valence-electron chi connectivity index (χ1n) is 8.44. The average Bonchev–Trinajstić information content (AvgIpc) is 2.46. The van der Waals surface area contributed by atoms with E-state index in [9.17, 15) is 5.11 Å². The molecule has 0 radical (unpaired) electrons. The number of rotatable bonds is 9. The molecule has 0 bridgehead atoms. The number of hydrogen-bond donors (Lipinski definition) is 1. The summed E-state index contributed by atoms with van der Waals surface area (Å²) in [5, 5.41) is 10.6. The van der Waals surface area contributed by atoms with Crippen molar-refractivity contribution >= 4 is 24.5 Å². The van der Waals surface area contributed by atoms with Gasteiger partial charge in [-0.2, -0.15) is 0 Å². The van der Waals surface area contributed by atoms with Crippen molar-refractivity contribution in [2.45, 2.75) is 76.1 Å². The van der Waals surface area contributed by atoms with E-state index in [1.165, 1.54) is 43.0 Å². The second-order valence-corrected chi connectivity index (χ2v) is 10.1. The summed E-state index contributed by atoms with van der Waals surface area (Å²) < 4.78 is 7.85. The Morgan fingerprint density at radius 2 is 1.68 bits per heavy atom. The van der Waals surface area contributed by atoms with Crippen LogP contribution in [0.5, 0.6) is 11.5 Å². The standard InChI is InChI=1S/C19H32O2Te/c1-6-7-8-9-10-11-12-22-17-14-15(21-5)13-16(18(17)20)19(2,3)4/h13-14,20H,6-12H2,1-5H3. The van der Waals surface area contributed by atoms with Crippen molar-refractivity contribution in [3.8, 4) is 11.5 Å². The summed E-state index contributed by atoms with van der Waals surface area (Å²) in [6, 6.07) is 4.03. The molecule has 0 atom stereocenters. The third-order valence-electron chi connectivity index (χ3n) is 3.85. The Balaban J connectivity index is 2.62. The van der Waals surface area contributed by atoms with Gasteiger partial charge in [0.1, 0.15) is 0 Å². The van der Waals surface area contributed by atoms with Crippen LogP contribution in [0.25, 0.3) is 0 Å². The molecule has 2 nitrogen and oxygen atoms in total. The van der Waals surface area contributed by atoms with E-state index in [1.807, 2.05) is 12.1 Å². The Labute approximate surface area is 146 Å². The molecule has 0 aliphatic rings. The van der Waals surface area contributed by atoms with E-state index in [-0.39, 0.29) is 26.3 Å². The number of unbranched alkanes of at least 4 members (excludes halogenated alkanes) is 5. The van der Waals surface area contributed by atoms with Crippen LogP contribution in [0.4, 0.5) is 0 Å². The first-order chi connectivity index (χ1) is 10.4. The van der Waals surface area contributed by atoms with Crippen molar-refractivity contribution < 1.29 is 9.84 Å². The van der Waals surface area contributed by atoms with Gasteiger partial charge >= 0.3 is 147 Å². The first kappa shape index (κ1) is 19.7. The normalized spacial score (nSPS) is 11.7. The van der Waals surface area contributed by atoms with E-state index in [0.29, 0.717) is 5.75 Å². The number of ether oxygens (including phenoxy) is 1. The summed E-state index contributed by atoms with van der Waals surface area (Å²) in [4.78, 5) is 0. The van der Waals surface area contributed by atoms with Gasteiger partial charge < -0.3 is 0 Å². The Morgan fingerprint density at radius 3 is 2.27 bits per heavy atom. The third kappa shape index (κ3) is 6.39. The molecular weight excluding hydrogens is 388 g/mol. The van der Waals surface area contributed by atoms with Gasteiger partial charge in [0.2, 0.25) is 0 Å². The molecule has 0 unspecified atom stereocenters. The Morgan fingerprint density at radius 1 is 1.05 bits per heavy atom. The summed E-state index contributed by atoms with van der Waals surface area (Å²) in [6.07, 6.45) is 8.03. The van der Waals surface area contributed by atoms with Gasteiger partial charge in [-0.1, -0.05) is 0 Å². The van der Waals surface area contributed by atoms with Crippen LogP contribution in [0.2, 0.25) is 4.47 Å². The molecular formula is C19H32O2Te. The van der Waals surface area contributed by atoms with Gasteiger partial charge in [-0.15, -0.1) is 0 Å². The Hall–Kier alpha value is -0.390. The molecule has 1 aromatic rings. The van der Waals surface area contributed by atoms with E-state index in [4.69, 9.17) is 4.74 Å². The van der Waals surface area contributed by atoms with Gasteiger partial charge in [-0.25, -0.2) is 0 Å². The summed E-state index contributed by atoms with van der Waals surface area (Å²) in [6.45, 7) is 8.67. The van der Waals surface area contributed by atoms with E-state index >= 15 is 0 Å². The van der Waals surface area contributed by atoms with Crippen LogP contribution in [-0.4, -0.2) is 33.1 Å². The number of phenols is 1. The number of phenolic OH excluding ortho intramolecular Hbond substituents is 1. The molecule has 3 heteroatoms. The molecule has 0 saturated heterocycles. The molecule has 0 amide bonds. The van der Waals surface area contributed by atoms with Gasteiger partial charge in [-0.3, -0.25) is 0 Å². The predicted octanol–water partition coefficient (Wildman–Crippen LogP) is 4.81. The maximum atomic E-state index is 10.6. The fourth-order valence-electron chi connectivity index (χ4n) is 2.45. The summed E-state index contributed by atoms with van der Waals surface area (Å²) >= 11 is -0.333. The predicted molar refractivity (Wildman–Crippen MR) is 96.9 cm³/mol. The SMILES string of the molecule is CCCCCCCC[Te]c1cc(OC)cc(C(C)(C)C)c1O. The van der Waals surface area contributed by atoms with Crippen molar-refractivity contribution in [1.29, 1.82) is 0 Å². The molecule has 0 fully saturated rings. The zero-order chi connectivity index (χ0) is 16.6.